The molecule has 4 aromatic rings. The second-order valence-corrected chi connectivity index (χ2v) is 8.35. The van der Waals surface area contributed by atoms with Crippen LogP contribution in [0.2, 0.25) is 5.02 Å². The smallest absolute Gasteiger partial charge is 0.281 e. The van der Waals surface area contributed by atoms with Gasteiger partial charge in [0, 0.05) is 12.3 Å². The molecule has 8 nitrogen and oxygen atoms in total. The molecule has 0 bridgehead atoms. The third kappa shape index (κ3) is 5.10. The maximum Gasteiger partial charge on any atom is 0.281 e. The number of pyridine rings is 1. The highest BCUT2D eigenvalue weighted by Gasteiger charge is 2.19. The Bertz CT molecular complexity index is 1580. The van der Waals surface area contributed by atoms with E-state index >= 15 is 0 Å². The zero-order chi connectivity index (χ0) is 25.7. The van der Waals surface area contributed by atoms with E-state index in [-0.39, 0.29) is 30.9 Å². The van der Waals surface area contributed by atoms with Gasteiger partial charge in [-0.05, 0) is 42.1 Å². The maximum atomic E-state index is 13.6. The van der Waals surface area contributed by atoms with Crippen molar-refractivity contribution >= 4 is 29.2 Å². The summed E-state index contributed by atoms with van der Waals surface area (Å²) in [6.07, 6.45) is 3.11. The standard InChI is InChI=1S/C27H25ClN4O4/c1-4-18(14-29-2)15-31-24(17-36-16-19-8-7-9-20(12-19)35-3)26-22(13-25(31)33)30-32(27(26)34)23-11-6-5-10-21(23)28/h4-14,30H,1-2,15-17H2,3H3/b18-14+. The summed E-state index contributed by atoms with van der Waals surface area (Å²) in [6.45, 7) is 7.66. The molecule has 36 heavy (non-hydrogen) atoms. The van der Waals surface area contributed by atoms with Crippen molar-refractivity contribution in [1.82, 2.24) is 14.3 Å². The summed E-state index contributed by atoms with van der Waals surface area (Å²) in [5.41, 5.74) is 2.16. The van der Waals surface area contributed by atoms with Crippen LogP contribution in [0.1, 0.15) is 11.3 Å². The lowest BCUT2D eigenvalue weighted by atomic mass is 10.2. The molecule has 0 fully saturated rings. The molecule has 0 aliphatic heterocycles. The van der Waals surface area contributed by atoms with E-state index in [4.69, 9.17) is 21.1 Å². The summed E-state index contributed by atoms with van der Waals surface area (Å²) in [5, 5.41) is 3.74. The number of allylic oxidation sites excluding steroid dienone is 2. The minimum Gasteiger partial charge on any atom is -0.497 e. The van der Waals surface area contributed by atoms with E-state index in [0.29, 0.717) is 38.6 Å². The number of ether oxygens (including phenoxy) is 2. The molecule has 2 aromatic carbocycles. The number of hydrogen-bond donors (Lipinski definition) is 1. The first-order chi connectivity index (χ1) is 17.5. The van der Waals surface area contributed by atoms with Gasteiger partial charge in [0.25, 0.3) is 11.1 Å². The molecule has 0 aliphatic carbocycles. The molecule has 4 rings (SSSR count). The summed E-state index contributed by atoms with van der Waals surface area (Å²) < 4.78 is 14.1. The van der Waals surface area contributed by atoms with Crippen LogP contribution in [0.25, 0.3) is 16.6 Å². The van der Waals surface area contributed by atoms with Gasteiger partial charge >= 0.3 is 0 Å². The molecular formula is C27H25ClN4O4. The van der Waals surface area contributed by atoms with Gasteiger partial charge in [0.05, 0.1) is 54.2 Å². The molecule has 0 saturated heterocycles. The van der Waals surface area contributed by atoms with E-state index in [0.717, 1.165) is 5.56 Å². The number of nitrogens with one attached hydrogen (secondary N) is 1. The predicted octanol–water partition coefficient (Wildman–Crippen LogP) is 4.63. The molecular weight excluding hydrogens is 480 g/mol. The van der Waals surface area contributed by atoms with Crippen molar-refractivity contribution in [1.29, 1.82) is 0 Å². The fraction of sp³-hybridized carbons (Fsp3) is 0.148. The van der Waals surface area contributed by atoms with E-state index in [2.05, 4.69) is 23.4 Å². The molecule has 0 atom stereocenters. The SMILES string of the molecule is C=C/C(=C\N=C)Cn1c(COCc2cccc(OC)c2)c2c(=O)n(-c3ccccc3Cl)[nH]c2cc1=O. The first-order valence-corrected chi connectivity index (χ1v) is 11.4. The second-order valence-electron chi connectivity index (χ2n) is 7.94. The number of halogens is 1. The van der Waals surface area contributed by atoms with E-state index in [9.17, 15) is 9.59 Å². The number of benzene rings is 2. The van der Waals surface area contributed by atoms with Crippen molar-refractivity contribution in [3.63, 3.8) is 0 Å². The lowest BCUT2D eigenvalue weighted by Gasteiger charge is -2.14. The number of aromatic nitrogens is 3. The summed E-state index contributed by atoms with van der Waals surface area (Å²) in [4.78, 5) is 30.5. The van der Waals surface area contributed by atoms with Gasteiger partial charge in [0.15, 0.2) is 0 Å². The Morgan fingerprint density at radius 2 is 1.94 bits per heavy atom. The molecule has 0 radical (unpaired) electrons. The van der Waals surface area contributed by atoms with Crippen molar-refractivity contribution in [3.8, 4) is 11.4 Å². The van der Waals surface area contributed by atoms with Gasteiger partial charge in [-0.2, -0.15) is 0 Å². The van der Waals surface area contributed by atoms with Crippen LogP contribution in [0.3, 0.4) is 0 Å². The van der Waals surface area contributed by atoms with Gasteiger partial charge < -0.3 is 14.0 Å². The number of para-hydroxylation sites is 1. The van der Waals surface area contributed by atoms with Gasteiger partial charge in [-0.1, -0.05) is 48.5 Å². The fourth-order valence-electron chi connectivity index (χ4n) is 3.92. The number of rotatable bonds is 10. The number of nitrogens with zero attached hydrogens (tertiary/aromatic N) is 3. The van der Waals surface area contributed by atoms with Crippen LogP contribution in [0.5, 0.6) is 5.75 Å². The van der Waals surface area contributed by atoms with Crippen LogP contribution in [0, 0.1) is 0 Å². The molecule has 0 spiro atoms. The topological polar surface area (TPSA) is 90.6 Å². The van der Waals surface area contributed by atoms with Gasteiger partial charge in [-0.15, -0.1) is 0 Å². The van der Waals surface area contributed by atoms with Gasteiger partial charge in [-0.25, -0.2) is 4.68 Å². The highest BCUT2D eigenvalue weighted by molar-refractivity contribution is 6.32. The van der Waals surface area contributed by atoms with Crippen LogP contribution in [-0.2, 0) is 24.5 Å². The summed E-state index contributed by atoms with van der Waals surface area (Å²) in [6, 6.07) is 15.8. The molecule has 0 aliphatic rings. The van der Waals surface area contributed by atoms with Crippen LogP contribution in [-0.4, -0.2) is 28.2 Å². The van der Waals surface area contributed by atoms with Gasteiger partial charge in [0.2, 0.25) is 0 Å². The van der Waals surface area contributed by atoms with Crippen molar-refractivity contribution in [2.45, 2.75) is 19.8 Å². The Balaban J connectivity index is 1.83. The molecule has 1 N–H and O–H groups in total. The zero-order valence-electron chi connectivity index (χ0n) is 19.7. The number of hydrogen-bond acceptors (Lipinski definition) is 5. The monoisotopic (exact) mass is 504 g/mol. The third-order valence-corrected chi connectivity index (χ3v) is 5.98. The predicted molar refractivity (Wildman–Crippen MR) is 142 cm³/mol. The molecule has 0 unspecified atom stereocenters. The lowest BCUT2D eigenvalue weighted by Crippen LogP contribution is -2.26. The Morgan fingerprint density at radius 3 is 2.67 bits per heavy atom. The number of aromatic amines is 1. The molecule has 0 saturated carbocycles. The normalized spacial score (nSPS) is 11.6. The van der Waals surface area contributed by atoms with E-state index in [1.807, 2.05) is 24.3 Å². The van der Waals surface area contributed by atoms with Crippen molar-refractivity contribution in [2.75, 3.05) is 7.11 Å². The van der Waals surface area contributed by atoms with E-state index < -0.39 is 0 Å². The highest BCUT2D eigenvalue weighted by atomic mass is 35.5. The van der Waals surface area contributed by atoms with Crippen LogP contribution in [0.15, 0.2) is 93.6 Å². The van der Waals surface area contributed by atoms with Crippen molar-refractivity contribution < 1.29 is 9.47 Å². The Morgan fingerprint density at radius 1 is 1.14 bits per heavy atom. The number of fused-ring (bicyclic) bond motifs is 1. The summed E-state index contributed by atoms with van der Waals surface area (Å²) in [5.74, 6) is 0.709. The van der Waals surface area contributed by atoms with Crippen LogP contribution < -0.4 is 15.9 Å². The summed E-state index contributed by atoms with van der Waals surface area (Å²) >= 11 is 6.34. The van der Waals surface area contributed by atoms with E-state index in [1.165, 1.54) is 21.5 Å². The average molecular weight is 505 g/mol. The molecule has 2 heterocycles. The number of methoxy groups -OCH3 is 1. The quantitative estimate of drug-likeness (QED) is 0.252. The molecule has 184 valence electrons. The minimum atomic E-state index is -0.349. The first-order valence-electron chi connectivity index (χ1n) is 11.1. The molecule has 2 aromatic heterocycles. The zero-order valence-corrected chi connectivity index (χ0v) is 20.5. The molecule has 0 amide bonds. The number of H-pyrrole nitrogens is 1. The van der Waals surface area contributed by atoms with Crippen LogP contribution >= 0.6 is 11.6 Å². The first kappa shape index (κ1) is 25.0. The summed E-state index contributed by atoms with van der Waals surface area (Å²) in [7, 11) is 1.60. The van der Waals surface area contributed by atoms with Crippen LogP contribution in [0.4, 0.5) is 0 Å². The second kappa shape index (κ2) is 11.1. The Labute approximate surface area is 212 Å². The largest absolute Gasteiger partial charge is 0.497 e. The maximum absolute atomic E-state index is 13.6. The van der Waals surface area contributed by atoms with Gasteiger partial charge in [-0.3, -0.25) is 19.7 Å². The highest BCUT2D eigenvalue weighted by Crippen LogP contribution is 2.22. The Kier molecular flexibility index (Phi) is 7.68. The van der Waals surface area contributed by atoms with Gasteiger partial charge in [0.1, 0.15) is 5.75 Å². The number of aliphatic imine (C=N–C) groups is 1. The van der Waals surface area contributed by atoms with Crippen molar-refractivity contribution in [2.24, 2.45) is 4.99 Å². The van der Waals surface area contributed by atoms with Crippen molar-refractivity contribution in [3.05, 3.63) is 116 Å². The lowest BCUT2D eigenvalue weighted by molar-refractivity contribution is 0.102. The van der Waals surface area contributed by atoms with E-state index in [1.54, 1.807) is 37.5 Å². The molecule has 9 heteroatoms. The minimum absolute atomic E-state index is 0.00530. The third-order valence-electron chi connectivity index (χ3n) is 5.66. The Hall–Kier alpha value is -4.14. The average Bonchev–Trinajstić information content (AvgIpc) is 3.20. The fourth-order valence-corrected chi connectivity index (χ4v) is 4.14.